The van der Waals surface area contributed by atoms with E-state index < -0.39 is 0 Å². The van der Waals surface area contributed by atoms with Crippen LogP contribution >= 0.6 is 35.5 Å². The van der Waals surface area contributed by atoms with Gasteiger partial charge in [-0.1, -0.05) is 12.1 Å². The van der Waals surface area contributed by atoms with E-state index in [1.165, 1.54) is 11.5 Å². The van der Waals surface area contributed by atoms with Crippen molar-refractivity contribution in [1.29, 1.82) is 0 Å². The van der Waals surface area contributed by atoms with Gasteiger partial charge in [-0.25, -0.2) is 9.98 Å². The molecule has 0 radical (unpaired) electrons. The third-order valence-electron chi connectivity index (χ3n) is 3.84. The number of nitrogens with zero attached hydrogens (tertiary/aromatic N) is 6. The van der Waals surface area contributed by atoms with Gasteiger partial charge in [-0.2, -0.15) is 4.37 Å². The molecule has 0 amide bonds. The number of aryl methyl sites for hydroxylation is 1. The van der Waals surface area contributed by atoms with Gasteiger partial charge in [0.05, 0.1) is 6.54 Å². The van der Waals surface area contributed by atoms with Crippen LogP contribution in [0.25, 0.3) is 0 Å². The number of anilines is 1. The molecular formula is C15H24IN7OS. The molecule has 1 fully saturated rings. The Morgan fingerprint density at radius 2 is 2.12 bits per heavy atom. The van der Waals surface area contributed by atoms with Crippen LogP contribution in [-0.2, 0) is 13.0 Å². The maximum Gasteiger partial charge on any atom is 0.205 e. The molecule has 138 valence electrons. The van der Waals surface area contributed by atoms with Crippen molar-refractivity contribution in [2.24, 2.45) is 4.99 Å². The average molecular weight is 477 g/mol. The van der Waals surface area contributed by atoms with Crippen molar-refractivity contribution in [2.75, 3.05) is 37.6 Å². The predicted molar refractivity (Wildman–Crippen MR) is 110 cm³/mol. The van der Waals surface area contributed by atoms with E-state index in [0.29, 0.717) is 6.54 Å². The smallest absolute Gasteiger partial charge is 0.205 e. The minimum absolute atomic E-state index is 0. The summed E-state index contributed by atoms with van der Waals surface area (Å²) in [5.41, 5.74) is 0.838. The fourth-order valence-corrected chi connectivity index (χ4v) is 3.33. The second-order valence-corrected chi connectivity index (χ2v) is 6.21. The van der Waals surface area contributed by atoms with E-state index in [-0.39, 0.29) is 24.0 Å². The van der Waals surface area contributed by atoms with Gasteiger partial charge in [-0.05, 0) is 6.92 Å². The summed E-state index contributed by atoms with van der Waals surface area (Å²) < 4.78 is 9.23. The van der Waals surface area contributed by atoms with Crippen LogP contribution in [0.3, 0.4) is 0 Å². The van der Waals surface area contributed by atoms with Gasteiger partial charge in [-0.15, -0.1) is 24.0 Å². The van der Waals surface area contributed by atoms with Crippen LogP contribution < -0.4 is 10.2 Å². The predicted octanol–water partition coefficient (Wildman–Crippen LogP) is 1.99. The first-order valence-electron chi connectivity index (χ1n) is 8.30. The number of hydrogen-bond donors (Lipinski definition) is 1. The van der Waals surface area contributed by atoms with Crippen LogP contribution in [0.2, 0.25) is 0 Å². The molecule has 1 aliphatic rings. The number of halogens is 1. The molecule has 3 rings (SSSR count). The Bertz CT molecular complexity index is 653. The Morgan fingerprint density at radius 1 is 1.32 bits per heavy atom. The van der Waals surface area contributed by atoms with E-state index in [9.17, 15) is 0 Å². The summed E-state index contributed by atoms with van der Waals surface area (Å²) in [5, 5.41) is 8.29. The van der Waals surface area contributed by atoms with Crippen LogP contribution in [0.1, 0.15) is 25.4 Å². The van der Waals surface area contributed by atoms with E-state index in [1.54, 1.807) is 6.26 Å². The van der Waals surface area contributed by atoms with Gasteiger partial charge in [0.2, 0.25) is 5.13 Å². The van der Waals surface area contributed by atoms with Crippen LogP contribution in [0.15, 0.2) is 21.8 Å². The molecule has 3 heterocycles. The Hall–Kier alpha value is -1.43. The summed E-state index contributed by atoms with van der Waals surface area (Å²) in [4.78, 5) is 13.8. The fourth-order valence-electron chi connectivity index (χ4n) is 2.53. The van der Waals surface area contributed by atoms with Gasteiger partial charge in [0.15, 0.2) is 5.96 Å². The highest BCUT2D eigenvalue weighted by Crippen LogP contribution is 2.19. The third-order valence-corrected chi connectivity index (χ3v) is 4.66. The number of guanidine groups is 1. The van der Waals surface area contributed by atoms with Crippen molar-refractivity contribution in [3.8, 4) is 0 Å². The molecule has 2 aromatic rings. The molecule has 0 unspecified atom stereocenters. The second-order valence-electron chi connectivity index (χ2n) is 5.48. The molecule has 2 aromatic heterocycles. The molecule has 25 heavy (non-hydrogen) atoms. The Kier molecular flexibility index (Phi) is 7.88. The number of hydrogen-bond acceptors (Lipinski definition) is 7. The largest absolute Gasteiger partial charge is 0.364 e. The highest BCUT2D eigenvalue weighted by molar-refractivity contribution is 14.0. The Morgan fingerprint density at radius 3 is 2.72 bits per heavy atom. The quantitative estimate of drug-likeness (QED) is 0.401. The first kappa shape index (κ1) is 19.9. The van der Waals surface area contributed by atoms with Crippen LogP contribution in [0.4, 0.5) is 5.13 Å². The molecule has 8 nitrogen and oxygen atoms in total. The second kappa shape index (κ2) is 9.90. The lowest BCUT2D eigenvalue weighted by atomic mass is 10.3. The lowest BCUT2D eigenvalue weighted by molar-refractivity contribution is 0.371. The zero-order valence-corrected chi connectivity index (χ0v) is 17.7. The summed E-state index contributed by atoms with van der Waals surface area (Å²) >= 11 is 1.49. The van der Waals surface area contributed by atoms with Crippen molar-refractivity contribution in [3.63, 3.8) is 0 Å². The van der Waals surface area contributed by atoms with E-state index in [4.69, 9.17) is 4.52 Å². The van der Waals surface area contributed by atoms with Crippen molar-refractivity contribution in [1.82, 2.24) is 24.7 Å². The first-order chi connectivity index (χ1) is 11.8. The number of piperazine rings is 1. The first-order valence-corrected chi connectivity index (χ1v) is 9.07. The van der Waals surface area contributed by atoms with Gasteiger partial charge in [0.1, 0.15) is 17.8 Å². The Labute approximate surface area is 168 Å². The molecule has 1 saturated heterocycles. The summed E-state index contributed by atoms with van der Waals surface area (Å²) in [6, 6.07) is 1.84. The van der Waals surface area contributed by atoms with Gasteiger partial charge in [0, 0.05) is 56.7 Å². The summed E-state index contributed by atoms with van der Waals surface area (Å²) in [5.74, 6) is 1.85. The number of aromatic nitrogens is 3. The van der Waals surface area contributed by atoms with Gasteiger partial charge < -0.3 is 19.6 Å². The molecule has 10 heteroatoms. The summed E-state index contributed by atoms with van der Waals surface area (Å²) in [6.07, 6.45) is 2.46. The van der Waals surface area contributed by atoms with Crippen LogP contribution in [-0.4, -0.2) is 58.1 Å². The van der Waals surface area contributed by atoms with Crippen molar-refractivity contribution in [2.45, 2.75) is 26.8 Å². The maximum atomic E-state index is 4.85. The standard InChI is InChI=1S/C15H23N7OS.HI/c1-3-13-18-15(24-20-13)22-8-6-21(7-9-22)14(16-4-2)17-11-12-5-10-23-19-12;/h5,10H,3-4,6-9,11H2,1-2H3,(H,16,17);1H. The van der Waals surface area contributed by atoms with Crippen molar-refractivity contribution in [3.05, 3.63) is 23.8 Å². The monoisotopic (exact) mass is 477 g/mol. The molecule has 0 aromatic carbocycles. The molecular weight excluding hydrogens is 453 g/mol. The SMILES string of the molecule is CCNC(=NCc1ccon1)N1CCN(c2nc(CC)ns2)CC1.I. The van der Waals surface area contributed by atoms with Crippen molar-refractivity contribution < 1.29 is 4.52 Å². The molecule has 0 spiro atoms. The molecule has 0 aliphatic carbocycles. The Balaban J connectivity index is 0.00000225. The van der Waals surface area contributed by atoms with Gasteiger partial charge >= 0.3 is 0 Å². The van der Waals surface area contributed by atoms with E-state index in [0.717, 1.165) is 61.8 Å². The molecule has 0 saturated carbocycles. The number of rotatable bonds is 5. The molecule has 0 atom stereocenters. The molecule has 0 bridgehead atoms. The maximum absolute atomic E-state index is 4.85. The third kappa shape index (κ3) is 5.27. The highest BCUT2D eigenvalue weighted by atomic mass is 127. The molecule has 1 aliphatic heterocycles. The van der Waals surface area contributed by atoms with Gasteiger partial charge in [0.25, 0.3) is 0 Å². The number of aliphatic imine (C=N–C) groups is 1. The minimum Gasteiger partial charge on any atom is -0.364 e. The van der Waals surface area contributed by atoms with Gasteiger partial charge in [-0.3, -0.25) is 0 Å². The lowest BCUT2D eigenvalue weighted by Gasteiger charge is -2.36. The molecule has 1 N–H and O–H groups in total. The number of nitrogens with one attached hydrogen (secondary N) is 1. The van der Waals surface area contributed by atoms with E-state index in [1.807, 2.05) is 6.07 Å². The van der Waals surface area contributed by atoms with Crippen LogP contribution in [0.5, 0.6) is 0 Å². The summed E-state index contributed by atoms with van der Waals surface area (Å²) in [7, 11) is 0. The topological polar surface area (TPSA) is 82.7 Å². The van der Waals surface area contributed by atoms with E-state index in [2.05, 4.69) is 48.5 Å². The van der Waals surface area contributed by atoms with Crippen LogP contribution in [0, 0.1) is 0 Å². The fraction of sp³-hybridized carbons (Fsp3) is 0.600. The lowest BCUT2D eigenvalue weighted by Crippen LogP contribution is -2.52. The zero-order chi connectivity index (χ0) is 16.8. The van der Waals surface area contributed by atoms with Crippen molar-refractivity contribution >= 4 is 46.6 Å². The normalized spacial score (nSPS) is 15.2. The van der Waals surface area contributed by atoms with E-state index >= 15 is 0 Å². The highest BCUT2D eigenvalue weighted by Gasteiger charge is 2.22. The average Bonchev–Trinajstić information content (AvgIpc) is 3.30. The minimum atomic E-state index is 0. The zero-order valence-electron chi connectivity index (χ0n) is 14.5. The summed E-state index contributed by atoms with van der Waals surface area (Å²) in [6.45, 7) is 9.19.